The number of hydrogen-bond acceptors (Lipinski definition) is 3. The van der Waals surface area contributed by atoms with E-state index in [1.165, 1.54) is 0 Å². The molecule has 3 N–H and O–H groups in total. The Morgan fingerprint density at radius 3 is 2.06 bits per heavy atom. The van der Waals surface area contributed by atoms with E-state index in [9.17, 15) is 14.4 Å². The molecule has 0 aromatic carbocycles. The third-order valence-corrected chi connectivity index (χ3v) is 2.33. The van der Waals surface area contributed by atoms with E-state index in [0.717, 1.165) is 0 Å². The van der Waals surface area contributed by atoms with Crippen molar-refractivity contribution >= 4 is 17.8 Å². The third-order valence-electron chi connectivity index (χ3n) is 2.33. The Morgan fingerprint density at radius 2 is 1.56 bits per heavy atom. The largest absolute Gasteiger partial charge is 0.481 e. The molecule has 18 heavy (non-hydrogen) atoms. The number of nitrogens with one attached hydrogen (secondary N) is 2. The van der Waals surface area contributed by atoms with Gasteiger partial charge in [0, 0.05) is 31.8 Å². The summed E-state index contributed by atoms with van der Waals surface area (Å²) in [6, 6.07) is 0. The molecule has 0 fully saturated rings. The minimum absolute atomic E-state index is 0.0164. The molecule has 0 aliphatic heterocycles. The van der Waals surface area contributed by atoms with Crippen LogP contribution >= 0.6 is 0 Å². The van der Waals surface area contributed by atoms with Gasteiger partial charge in [0.2, 0.25) is 11.8 Å². The van der Waals surface area contributed by atoms with Crippen molar-refractivity contribution in [2.45, 2.75) is 33.6 Å². The van der Waals surface area contributed by atoms with Gasteiger partial charge in [-0.1, -0.05) is 20.8 Å². The average Bonchev–Trinajstić information content (AvgIpc) is 2.22. The Labute approximate surface area is 107 Å². The van der Waals surface area contributed by atoms with E-state index < -0.39 is 5.97 Å². The van der Waals surface area contributed by atoms with Gasteiger partial charge in [0.05, 0.1) is 0 Å². The van der Waals surface area contributed by atoms with Crippen molar-refractivity contribution in [3.63, 3.8) is 0 Å². The first-order valence-electron chi connectivity index (χ1n) is 6.09. The topological polar surface area (TPSA) is 95.5 Å². The average molecular weight is 258 g/mol. The fraction of sp³-hybridized carbons (Fsp3) is 0.750. The molecule has 2 amide bonds. The van der Waals surface area contributed by atoms with Crippen molar-refractivity contribution < 1.29 is 19.5 Å². The minimum atomic E-state index is -0.903. The van der Waals surface area contributed by atoms with Gasteiger partial charge in [0.25, 0.3) is 0 Å². The van der Waals surface area contributed by atoms with Crippen molar-refractivity contribution in [2.75, 3.05) is 13.1 Å². The Kier molecular flexibility index (Phi) is 7.74. The second-order valence-corrected chi connectivity index (χ2v) is 4.70. The predicted molar refractivity (Wildman–Crippen MR) is 66.9 cm³/mol. The maximum Gasteiger partial charge on any atom is 0.303 e. The smallest absolute Gasteiger partial charge is 0.303 e. The van der Waals surface area contributed by atoms with Crippen LogP contribution in [-0.2, 0) is 14.4 Å². The summed E-state index contributed by atoms with van der Waals surface area (Å²) in [7, 11) is 0. The molecule has 0 aromatic heterocycles. The van der Waals surface area contributed by atoms with Crippen LogP contribution in [0.1, 0.15) is 33.6 Å². The second-order valence-electron chi connectivity index (χ2n) is 4.70. The van der Waals surface area contributed by atoms with Crippen LogP contribution in [0.3, 0.4) is 0 Å². The quantitative estimate of drug-likeness (QED) is 0.548. The summed E-state index contributed by atoms with van der Waals surface area (Å²) in [6.07, 6.45) is 0.169. The van der Waals surface area contributed by atoms with Gasteiger partial charge < -0.3 is 15.7 Å². The highest BCUT2D eigenvalue weighted by Crippen LogP contribution is 2.06. The predicted octanol–water partition coefficient (Wildman–Crippen LogP) is 0.376. The molecule has 0 aromatic rings. The van der Waals surface area contributed by atoms with Crippen molar-refractivity contribution in [3.05, 3.63) is 0 Å². The molecule has 1 atom stereocenters. The molecule has 0 heterocycles. The Balaban J connectivity index is 3.65. The van der Waals surface area contributed by atoms with E-state index in [4.69, 9.17) is 5.11 Å². The van der Waals surface area contributed by atoms with Gasteiger partial charge in [0.15, 0.2) is 0 Å². The maximum absolute atomic E-state index is 11.4. The van der Waals surface area contributed by atoms with Crippen LogP contribution in [0.15, 0.2) is 0 Å². The summed E-state index contributed by atoms with van der Waals surface area (Å²) in [5.41, 5.74) is 0. The first kappa shape index (κ1) is 16.4. The Bertz CT molecular complexity index is 302. The fourth-order valence-corrected chi connectivity index (χ4v) is 1.35. The van der Waals surface area contributed by atoms with Gasteiger partial charge in [-0.05, 0) is 5.92 Å². The Morgan fingerprint density at radius 1 is 1.00 bits per heavy atom. The molecule has 0 spiro atoms. The lowest BCUT2D eigenvalue weighted by Crippen LogP contribution is -2.36. The lowest BCUT2D eigenvalue weighted by atomic mass is 10.0. The number of carbonyl (C=O) groups is 3. The molecule has 0 rings (SSSR count). The van der Waals surface area contributed by atoms with Gasteiger partial charge in [-0.2, -0.15) is 0 Å². The number of rotatable bonds is 8. The molecule has 0 bridgehead atoms. The Hall–Kier alpha value is -1.59. The van der Waals surface area contributed by atoms with Crippen LogP contribution in [0.2, 0.25) is 0 Å². The van der Waals surface area contributed by atoms with Crippen molar-refractivity contribution in [1.29, 1.82) is 0 Å². The highest BCUT2D eigenvalue weighted by atomic mass is 16.4. The van der Waals surface area contributed by atoms with E-state index in [2.05, 4.69) is 10.6 Å². The lowest BCUT2D eigenvalue weighted by molar-refractivity contribution is -0.138. The molecule has 0 saturated carbocycles. The molecule has 1 unspecified atom stereocenters. The van der Waals surface area contributed by atoms with Gasteiger partial charge in [-0.15, -0.1) is 0 Å². The molecule has 6 heteroatoms. The fourth-order valence-electron chi connectivity index (χ4n) is 1.35. The highest BCUT2D eigenvalue weighted by molar-refractivity contribution is 5.78. The summed E-state index contributed by atoms with van der Waals surface area (Å²) in [6.45, 7) is 6.05. The van der Waals surface area contributed by atoms with E-state index in [-0.39, 0.29) is 36.5 Å². The zero-order valence-electron chi connectivity index (χ0n) is 11.2. The number of carbonyl (C=O) groups excluding carboxylic acids is 2. The zero-order chi connectivity index (χ0) is 14.1. The molecule has 0 aliphatic rings. The number of amides is 2. The molecule has 104 valence electrons. The third kappa shape index (κ3) is 8.55. The molecular weight excluding hydrogens is 236 g/mol. The standard InChI is InChI=1S/C12H22N2O4/c1-8(2)12(18)14-5-4-13-10(15)6-9(3)7-11(16)17/h8-9H,4-7H2,1-3H3,(H,13,15)(H,14,18)(H,16,17). The summed E-state index contributed by atoms with van der Waals surface area (Å²) in [5, 5.41) is 13.9. The first-order chi connectivity index (χ1) is 8.32. The first-order valence-corrected chi connectivity index (χ1v) is 6.09. The minimum Gasteiger partial charge on any atom is -0.481 e. The lowest BCUT2D eigenvalue weighted by Gasteiger charge is -2.10. The van der Waals surface area contributed by atoms with Crippen LogP contribution in [0, 0.1) is 11.8 Å². The van der Waals surface area contributed by atoms with Crippen LogP contribution in [0.5, 0.6) is 0 Å². The van der Waals surface area contributed by atoms with Crippen LogP contribution in [0.25, 0.3) is 0 Å². The number of carboxylic acids is 1. The van der Waals surface area contributed by atoms with Crippen LogP contribution in [0.4, 0.5) is 0 Å². The number of hydrogen-bond donors (Lipinski definition) is 3. The monoisotopic (exact) mass is 258 g/mol. The summed E-state index contributed by atoms with van der Waals surface area (Å²) >= 11 is 0. The number of aliphatic carboxylic acids is 1. The molecule has 0 saturated heterocycles. The van der Waals surface area contributed by atoms with Crippen molar-refractivity contribution in [2.24, 2.45) is 11.8 Å². The molecular formula is C12H22N2O4. The van der Waals surface area contributed by atoms with Crippen molar-refractivity contribution in [1.82, 2.24) is 10.6 Å². The summed E-state index contributed by atoms with van der Waals surface area (Å²) in [4.78, 5) is 33.0. The van der Waals surface area contributed by atoms with E-state index in [1.807, 2.05) is 0 Å². The van der Waals surface area contributed by atoms with Gasteiger partial charge in [0.1, 0.15) is 0 Å². The van der Waals surface area contributed by atoms with E-state index >= 15 is 0 Å². The van der Waals surface area contributed by atoms with Gasteiger partial charge >= 0.3 is 5.97 Å². The van der Waals surface area contributed by atoms with Crippen molar-refractivity contribution in [3.8, 4) is 0 Å². The van der Waals surface area contributed by atoms with Gasteiger partial charge in [-0.25, -0.2) is 0 Å². The second kappa shape index (κ2) is 8.49. The van der Waals surface area contributed by atoms with Crippen LogP contribution in [-0.4, -0.2) is 36.0 Å². The zero-order valence-corrected chi connectivity index (χ0v) is 11.2. The molecule has 0 aliphatic carbocycles. The molecule has 6 nitrogen and oxygen atoms in total. The SMILES string of the molecule is CC(CC(=O)O)CC(=O)NCCNC(=O)C(C)C. The highest BCUT2D eigenvalue weighted by Gasteiger charge is 2.12. The summed E-state index contributed by atoms with van der Waals surface area (Å²) in [5.74, 6) is -1.41. The molecule has 0 radical (unpaired) electrons. The van der Waals surface area contributed by atoms with E-state index in [0.29, 0.717) is 13.1 Å². The van der Waals surface area contributed by atoms with Gasteiger partial charge in [-0.3, -0.25) is 14.4 Å². The maximum atomic E-state index is 11.4. The number of carboxylic acid groups (broad SMARTS) is 1. The normalized spacial score (nSPS) is 12.0. The van der Waals surface area contributed by atoms with E-state index in [1.54, 1.807) is 20.8 Å². The van der Waals surface area contributed by atoms with Crippen LogP contribution < -0.4 is 10.6 Å². The summed E-state index contributed by atoms with van der Waals surface area (Å²) < 4.78 is 0.